The molecule has 0 aromatic carbocycles. The van der Waals surface area contributed by atoms with E-state index < -0.39 is 0 Å². The number of nitrogens with one attached hydrogen (secondary N) is 2. The smallest absolute Gasteiger partial charge is 0.248 e. The summed E-state index contributed by atoms with van der Waals surface area (Å²) in [6.07, 6.45) is 11.3. The zero-order valence-electron chi connectivity index (χ0n) is 19.8. The number of allylic oxidation sites excluding steroid dienone is 2. The second-order valence-corrected chi connectivity index (χ2v) is 9.20. The third kappa shape index (κ3) is 7.35. The molecule has 1 atom stereocenters. The van der Waals surface area contributed by atoms with Crippen LogP contribution in [-0.2, 0) is 16.1 Å². The summed E-state index contributed by atoms with van der Waals surface area (Å²) in [5.41, 5.74) is 4.81. The minimum atomic E-state index is -0.00216. The molecule has 0 saturated carbocycles. The van der Waals surface area contributed by atoms with Crippen LogP contribution in [0.15, 0.2) is 69.5 Å². The summed E-state index contributed by atoms with van der Waals surface area (Å²) in [5, 5.41) is 8.73. The van der Waals surface area contributed by atoms with Crippen LogP contribution >= 0.6 is 11.8 Å². The first-order valence-electron chi connectivity index (χ1n) is 11.4. The van der Waals surface area contributed by atoms with Crippen molar-refractivity contribution in [2.75, 3.05) is 51.8 Å². The molecule has 3 aliphatic heterocycles. The van der Waals surface area contributed by atoms with E-state index in [-0.39, 0.29) is 18.4 Å². The Morgan fingerprint density at radius 1 is 1.34 bits per heavy atom. The van der Waals surface area contributed by atoms with Crippen LogP contribution in [0.2, 0.25) is 0 Å². The van der Waals surface area contributed by atoms with Gasteiger partial charge >= 0.3 is 0 Å². The molecule has 4 heterocycles. The predicted molar refractivity (Wildman–Crippen MR) is 141 cm³/mol. The second kappa shape index (κ2) is 12.4. The molecule has 0 aliphatic carbocycles. The number of carbonyl (C=O) groups is 1. The van der Waals surface area contributed by atoms with Gasteiger partial charge in [-0.3, -0.25) is 20.1 Å². The Kier molecular flexibility index (Phi) is 8.82. The number of amidine groups is 1. The third-order valence-electron chi connectivity index (χ3n) is 5.58. The first kappa shape index (κ1) is 24.8. The quantitative estimate of drug-likeness (QED) is 0.624. The highest BCUT2D eigenvalue weighted by Crippen LogP contribution is 2.22. The van der Waals surface area contributed by atoms with Crippen LogP contribution in [0.3, 0.4) is 0 Å². The van der Waals surface area contributed by atoms with Gasteiger partial charge in [0, 0.05) is 58.4 Å². The average Bonchev–Trinajstić information content (AvgIpc) is 2.95. The Labute approximate surface area is 209 Å². The number of carbonyl (C=O) groups excluding carboxylic acids is 1. The van der Waals surface area contributed by atoms with Crippen molar-refractivity contribution in [3.63, 3.8) is 0 Å². The molecule has 3 aliphatic rings. The number of hydrogen-bond donors (Lipinski definition) is 2. The monoisotopic (exact) mass is 494 g/mol. The molecule has 10 nitrogen and oxygen atoms in total. The van der Waals surface area contributed by atoms with Gasteiger partial charge in [0.25, 0.3) is 0 Å². The van der Waals surface area contributed by atoms with E-state index in [9.17, 15) is 4.79 Å². The van der Waals surface area contributed by atoms with Gasteiger partial charge in [-0.2, -0.15) is 5.10 Å². The SMILES string of the molecule is C=C1N=C(C2C=CNN=C2)/C=C\CN=C(Nc2cc(CN3CCN(C(=O)COC)CC3)ccn2)S1. The maximum Gasteiger partial charge on any atom is 0.248 e. The van der Waals surface area contributed by atoms with Crippen molar-refractivity contribution in [1.29, 1.82) is 0 Å². The zero-order valence-corrected chi connectivity index (χ0v) is 20.6. The van der Waals surface area contributed by atoms with E-state index in [1.165, 1.54) is 11.8 Å². The molecule has 1 unspecified atom stereocenters. The van der Waals surface area contributed by atoms with Crippen LogP contribution in [0.4, 0.5) is 5.82 Å². The highest BCUT2D eigenvalue weighted by atomic mass is 32.2. The lowest BCUT2D eigenvalue weighted by molar-refractivity contribution is -0.136. The minimum Gasteiger partial charge on any atom is -0.375 e. The molecule has 1 saturated heterocycles. The molecule has 1 fully saturated rings. The van der Waals surface area contributed by atoms with Gasteiger partial charge in [0.05, 0.1) is 23.2 Å². The van der Waals surface area contributed by atoms with Gasteiger partial charge in [0.2, 0.25) is 5.91 Å². The first-order valence-corrected chi connectivity index (χ1v) is 12.2. The Balaban J connectivity index is 1.34. The number of hydrazone groups is 1. The third-order valence-corrected chi connectivity index (χ3v) is 6.34. The van der Waals surface area contributed by atoms with E-state index in [1.807, 2.05) is 41.5 Å². The molecule has 184 valence electrons. The van der Waals surface area contributed by atoms with Gasteiger partial charge in [-0.25, -0.2) is 9.98 Å². The van der Waals surface area contributed by atoms with Gasteiger partial charge < -0.3 is 15.0 Å². The van der Waals surface area contributed by atoms with Crippen LogP contribution in [0.25, 0.3) is 0 Å². The van der Waals surface area contributed by atoms with E-state index >= 15 is 0 Å². The van der Waals surface area contributed by atoms with Crippen LogP contribution in [0, 0.1) is 5.92 Å². The van der Waals surface area contributed by atoms with E-state index in [0.717, 1.165) is 36.7 Å². The van der Waals surface area contributed by atoms with E-state index in [0.29, 0.717) is 29.8 Å². The van der Waals surface area contributed by atoms with Crippen molar-refractivity contribution in [2.24, 2.45) is 21.0 Å². The number of aliphatic imine (C=N–C) groups is 2. The molecule has 35 heavy (non-hydrogen) atoms. The summed E-state index contributed by atoms with van der Waals surface area (Å²) < 4.78 is 4.96. The first-order chi connectivity index (χ1) is 17.1. The van der Waals surface area contributed by atoms with E-state index in [1.54, 1.807) is 19.5 Å². The van der Waals surface area contributed by atoms with E-state index in [4.69, 9.17) is 4.74 Å². The standard InChI is InChI=1S/C24H30N8O2S/c1-18-29-21(20-6-9-27-28-15-20)4-3-7-26-24(35-18)30-22-14-19(5-8-25-22)16-31-10-12-32(13-11-31)23(33)17-34-2/h3-6,8-9,14-15,20,27H,1,7,10-13,16-17H2,2H3,(H,25,26,30)/b4-3-,29-21?. The predicted octanol–water partition coefficient (Wildman–Crippen LogP) is 2.07. The fourth-order valence-corrected chi connectivity index (χ4v) is 4.49. The lowest BCUT2D eigenvalue weighted by atomic mass is 10.0. The summed E-state index contributed by atoms with van der Waals surface area (Å²) in [6, 6.07) is 4.04. The molecule has 1 aromatic rings. The molecule has 4 rings (SSSR count). The Morgan fingerprint density at radius 2 is 2.20 bits per heavy atom. The molecule has 0 radical (unpaired) electrons. The summed E-state index contributed by atoms with van der Waals surface area (Å²) >= 11 is 1.38. The maximum absolute atomic E-state index is 12.0. The number of rotatable bonds is 6. The molecule has 1 aromatic heterocycles. The number of anilines is 1. The topological polar surface area (TPSA) is 107 Å². The Morgan fingerprint density at radius 3 is 2.97 bits per heavy atom. The summed E-state index contributed by atoms with van der Waals surface area (Å²) in [4.78, 5) is 30.0. The Bertz CT molecular complexity index is 1060. The van der Waals surface area contributed by atoms with Gasteiger partial charge in [0.1, 0.15) is 12.4 Å². The molecule has 0 spiro atoms. The van der Waals surface area contributed by atoms with Crippen molar-refractivity contribution >= 4 is 40.6 Å². The number of thioether (sulfide) groups is 1. The summed E-state index contributed by atoms with van der Waals surface area (Å²) in [6.45, 7) is 8.61. The van der Waals surface area contributed by atoms with Gasteiger partial charge in [-0.1, -0.05) is 18.7 Å². The molecular weight excluding hydrogens is 464 g/mol. The van der Waals surface area contributed by atoms with Crippen LogP contribution in [-0.4, -0.2) is 84.2 Å². The van der Waals surface area contributed by atoms with Crippen molar-refractivity contribution in [3.05, 3.63) is 59.9 Å². The number of methoxy groups -OCH3 is 1. The lowest BCUT2D eigenvalue weighted by Gasteiger charge is -2.34. The number of amides is 1. The van der Waals surface area contributed by atoms with Crippen LogP contribution < -0.4 is 10.7 Å². The van der Waals surface area contributed by atoms with Crippen molar-refractivity contribution < 1.29 is 9.53 Å². The largest absolute Gasteiger partial charge is 0.375 e. The van der Waals surface area contributed by atoms with Crippen LogP contribution in [0.5, 0.6) is 0 Å². The number of aromatic nitrogens is 1. The second-order valence-electron chi connectivity index (χ2n) is 8.14. The summed E-state index contributed by atoms with van der Waals surface area (Å²) in [7, 11) is 1.55. The van der Waals surface area contributed by atoms with Gasteiger partial charge in [-0.05, 0) is 35.5 Å². The number of hydrogen-bond acceptors (Lipinski definition) is 10. The van der Waals surface area contributed by atoms with Crippen molar-refractivity contribution in [1.82, 2.24) is 20.2 Å². The zero-order chi connectivity index (χ0) is 24.5. The van der Waals surface area contributed by atoms with Gasteiger partial charge in [0.15, 0.2) is 5.17 Å². The van der Waals surface area contributed by atoms with Crippen molar-refractivity contribution in [2.45, 2.75) is 6.54 Å². The van der Waals surface area contributed by atoms with E-state index in [2.05, 4.69) is 42.3 Å². The highest BCUT2D eigenvalue weighted by molar-refractivity contribution is 8.17. The maximum atomic E-state index is 12.0. The molecular formula is C24H30N8O2S. The molecule has 11 heteroatoms. The number of nitrogens with zero attached hydrogens (tertiary/aromatic N) is 6. The Hall–Kier alpha value is -3.28. The fraction of sp³-hybridized carbons (Fsp3) is 0.375. The highest BCUT2D eigenvalue weighted by Gasteiger charge is 2.21. The normalized spacial score (nSPS) is 21.8. The average molecular weight is 495 g/mol. The lowest BCUT2D eigenvalue weighted by Crippen LogP contribution is -2.49. The van der Waals surface area contributed by atoms with Gasteiger partial charge in [-0.15, -0.1) is 0 Å². The molecule has 0 bridgehead atoms. The summed E-state index contributed by atoms with van der Waals surface area (Å²) in [5.74, 6) is 0.762. The molecule has 1 amide bonds. The molecule has 2 N–H and O–H groups in total. The number of ether oxygens (including phenoxy) is 1. The fourth-order valence-electron chi connectivity index (χ4n) is 3.82. The van der Waals surface area contributed by atoms with Crippen LogP contribution in [0.1, 0.15) is 5.56 Å². The number of pyridine rings is 1. The minimum absolute atomic E-state index is 0.00216. The van der Waals surface area contributed by atoms with Crippen molar-refractivity contribution in [3.8, 4) is 0 Å². The number of piperazine rings is 1.